The van der Waals surface area contributed by atoms with E-state index in [4.69, 9.17) is 30.8 Å². The summed E-state index contributed by atoms with van der Waals surface area (Å²) < 4.78 is 19.8. The van der Waals surface area contributed by atoms with Gasteiger partial charge in [0.15, 0.2) is 16.5 Å². The number of nitrogens with zero attached hydrogens (tertiary/aromatic N) is 2. The third-order valence-electron chi connectivity index (χ3n) is 4.71. The first-order valence-corrected chi connectivity index (χ1v) is 11.0. The van der Waals surface area contributed by atoms with Crippen LogP contribution in [0.2, 0.25) is 5.02 Å². The molecular formula is C22H24ClN3O3S. The summed E-state index contributed by atoms with van der Waals surface area (Å²) in [5.41, 5.74) is 2.87. The van der Waals surface area contributed by atoms with Crippen LogP contribution in [0.1, 0.15) is 13.3 Å². The van der Waals surface area contributed by atoms with Gasteiger partial charge in [-0.05, 0) is 42.8 Å². The van der Waals surface area contributed by atoms with E-state index in [-0.39, 0.29) is 0 Å². The lowest BCUT2D eigenvalue weighted by Gasteiger charge is -2.12. The van der Waals surface area contributed by atoms with Gasteiger partial charge in [0.2, 0.25) is 0 Å². The fourth-order valence-electron chi connectivity index (χ4n) is 3.33. The van der Waals surface area contributed by atoms with E-state index in [0.29, 0.717) is 30.5 Å². The van der Waals surface area contributed by atoms with Gasteiger partial charge < -0.3 is 19.5 Å². The van der Waals surface area contributed by atoms with Crippen molar-refractivity contribution >= 4 is 43.9 Å². The smallest absolute Gasteiger partial charge is 0.197 e. The van der Waals surface area contributed by atoms with Crippen molar-refractivity contribution in [3.05, 3.63) is 41.4 Å². The zero-order valence-electron chi connectivity index (χ0n) is 17.2. The Hall–Kier alpha value is -2.48. The van der Waals surface area contributed by atoms with E-state index in [9.17, 15) is 0 Å². The molecule has 0 spiro atoms. The molecule has 2 aromatic heterocycles. The minimum Gasteiger partial charge on any atom is -0.493 e. The highest BCUT2D eigenvalue weighted by atomic mass is 35.5. The molecule has 0 amide bonds. The predicted octanol–water partition coefficient (Wildman–Crippen LogP) is 5.73. The summed E-state index contributed by atoms with van der Waals surface area (Å²) in [4.78, 5) is 5.83. The van der Waals surface area contributed by atoms with Crippen LogP contribution in [-0.4, -0.2) is 43.4 Å². The number of hydrogen-bond donors (Lipinski definition) is 1. The summed E-state index contributed by atoms with van der Waals surface area (Å²) >= 11 is 7.80. The molecule has 0 radical (unpaired) electrons. The summed E-state index contributed by atoms with van der Waals surface area (Å²) in [6.45, 7) is 3.98. The highest BCUT2D eigenvalue weighted by Gasteiger charge is 2.19. The number of anilines is 1. The van der Waals surface area contributed by atoms with Gasteiger partial charge >= 0.3 is 0 Å². The average Bonchev–Trinajstić information content (AvgIpc) is 3.28. The van der Waals surface area contributed by atoms with Crippen molar-refractivity contribution in [3.63, 3.8) is 0 Å². The molecule has 0 aliphatic heterocycles. The van der Waals surface area contributed by atoms with E-state index < -0.39 is 0 Å². The first-order valence-electron chi connectivity index (χ1n) is 9.80. The average molecular weight is 446 g/mol. The second kappa shape index (κ2) is 9.12. The Labute approximate surface area is 184 Å². The van der Waals surface area contributed by atoms with Crippen LogP contribution >= 0.6 is 22.9 Å². The molecule has 30 heavy (non-hydrogen) atoms. The molecule has 2 heterocycles. The van der Waals surface area contributed by atoms with Crippen molar-refractivity contribution in [1.82, 2.24) is 9.38 Å². The van der Waals surface area contributed by atoms with Crippen LogP contribution in [0.3, 0.4) is 0 Å². The van der Waals surface area contributed by atoms with Crippen molar-refractivity contribution in [3.8, 4) is 22.8 Å². The minimum absolute atomic E-state index is 0.591. The number of methoxy groups -OCH3 is 2. The van der Waals surface area contributed by atoms with Gasteiger partial charge in [0.25, 0.3) is 0 Å². The molecule has 0 fully saturated rings. The highest BCUT2D eigenvalue weighted by molar-refractivity contribution is 7.23. The van der Waals surface area contributed by atoms with Crippen LogP contribution in [0, 0.1) is 0 Å². The number of rotatable bonds is 9. The first kappa shape index (κ1) is 20.8. The number of benzene rings is 2. The van der Waals surface area contributed by atoms with Crippen LogP contribution in [0.15, 0.2) is 36.4 Å². The number of aromatic nitrogens is 2. The topological polar surface area (TPSA) is 57.0 Å². The summed E-state index contributed by atoms with van der Waals surface area (Å²) in [5.74, 6) is 2.34. The van der Waals surface area contributed by atoms with Crippen LogP contribution in [0.4, 0.5) is 5.82 Å². The molecule has 0 saturated carbocycles. The van der Waals surface area contributed by atoms with Crippen LogP contribution in [0.5, 0.6) is 11.5 Å². The van der Waals surface area contributed by atoms with Gasteiger partial charge in [0.05, 0.1) is 30.5 Å². The van der Waals surface area contributed by atoms with Gasteiger partial charge in [-0.2, -0.15) is 0 Å². The summed E-state index contributed by atoms with van der Waals surface area (Å²) in [5, 5.41) is 4.21. The van der Waals surface area contributed by atoms with Gasteiger partial charge in [0.1, 0.15) is 11.5 Å². The summed E-state index contributed by atoms with van der Waals surface area (Å²) in [6.07, 6.45) is 0.937. The van der Waals surface area contributed by atoms with E-state index in [2.05, 4.69) is 16.6 Å². The van der Waals surface area contributed by atoms with E-state index in [0.717, 1.165) is 44.4 Å². The Bertz CT molecular complexity index is 1170. The Balaban J connectivity index is 1.84. The van der Waals surface area contributed by atoms with Gasteiger partial charge in [-0.1, -0.05) is 29.9 Å². The van der Waals surface area contributed by atoms with Crippen molar-refractivity contribution in [1.29, 1.82) is 0 Å². The lowest BCUT2D eigenvalue weighted by Crippen LogP contribution is -2.10. The predicted molar refractivity (Wildman–Crippen MR) is 124 cm³/mol. The van der Waals surface area contributed by atoms with Gasteiger partial charge in [-0.15, -0.1) is 0 Å². The van der Waals surface area contributed by atoms with Gasteiger partial charge in [-0.3, -0.25) is 4.40 Å². The standard InChI is InChI=1S/C22H24ClN3O3S/c1-4-10-29-17-8-5-14(12-18(17)28-3)20-21(24-9-11-27-2)26-16-7-6-15(23)13-19(16)30-22(26)25-20/h5-8,12-13,24H,4,9-11H2,1-3H3. The zero-order valence-corrected chi connectivity index (χ0v) is 18.8. The summed E-state index contributed by atoms with van der Waals surface area (Å²) in [7, 11) is 3.34. The highest BCUT2D eigenvalue weighted by Crippen LogP contribution is 2.39. The fraction of sp³-hybridized carbons (Fsp3) is 0.318. The number of imidazole rings is 1. The molecule has 0 aliphatic carbocycles. The number of thiazole rings is 1. The lowest BCUT2D eigenvalue weighted by atomic mass is 10.1. The Kier molecular flexibility index (Phi) is 6.32. The van der Waals surface area contributed by atoms with Gasteiger partial charge in [0, 0.05) is 24.2 Å². The maximum atomic E-state index is 6.19. The molecule has 6 nitrogen and oxygen atoms in total. The number of halogens is 1. The number of ether oxygens (including phenoxy) is 3. The normalized spacial score (nSPS) is 11.3. The molecule has 1 N–H and O–H groups in total. The fourth-order valence-corrected chi connectivity index (χ4v) is 4.63. The molecule has 0 saturated heterocycles. The Morgan fingerprint density at radius 2 is 1.97 bits per heavy atom. The second-order valence-corrected chi connectivity index (χ2v) is 8.22. The van der Waals surface area contributed by atoms with Crippen LogP contribution in [0.25, 0.3) is 26.4 Å². The van der Waals surface area contributed by atoms with Crippen LogP contribution in [-0.2, 0) is 4.74 Å². The maximum Gasteiger partial charge on any atom is 0.197 e. The molecule has 0 unspecified atom stereocenters. The molecule has 4 rings (SSSR count). The van der Waals surface area contributed by atoms with E-state index in [1.54, 1.807) is 25.6 Å². The first-order chi connectivity index (χ1) is 14.7. The van der Waals surface area contributed by atoms with E-state index in [1.165, 1.54) is 0 Å². The monoisotopic (exact) mass is 445 g/mol. The van der Waals surface area contributed by atoms with Crippen LogP contribution < -0.4 is 14.8 Å². The molecule has 0 aliphatic rings. The third kappa shape index (κ3) is 3.93. The van der Waals surface area contributed by atoms with Gasteiger partial charge in [-0.25, -0.2) is 4.98 Å². The van der Waals surface area contributed by atoms with Crippen molar-refractivity contribution in [2.75, 3.05) is 39.3 Å². The number of hydrogen-bond acceptors (Lipinski definition) is 6. The van der Waals surface area contributed by atoms with E-state index in [1.807, 2.05) is 36.4 Å². The quantitative estimate of drug-likeness (QED) is 0.333. The molecule has 0 bridgehead atoms. The lowest BCUT2D eigenvalue weighted by molar-refractivity contribution is 0.210. The Morgan fingerprint density at radius 3 is 2.73 bits per heavy atom. The molecular weight excluding hydrogens is 422 g/mol. The Morgan fingerprint density at radius 1 is 1.10 bits per heavy atom. The maximum absolute atomic E-state index is 6.19. The largest absolute Gasteiger partial charge is 0.493 e. The number of nitrogens with one attached hydrogen (secondary N) is 1. The van der Waals surface area contributed by atoms with Crippen molar-refractivity contribution < 1.29 is 14.2 Å². The third-order valence-corrected chi connectivity index (χ3v) is 5.95. The molecule has 8 heteroatoms. The number of fused-ring (bicyclic) bond motifs is 3. The molecule has 4 aromatic rings. The zero-order chi connectivity index (χ0) is 21.1. The van der Waals surface area contributed by atoms with Crippen molar-refractivity contribution in [2.45, 2.75) is 13.3 Å². The second-order valence-electron chi connectivity index (χ2n) is 6.77. The molecule has 158 valence electrons. The SMILES string of the molecule is CCCOc1ccc(-c2nc3sc4cc(Cl)ccc4n3c2NCCOC)cc1OC. The summed E-state index contributed by atoms with van der Waals surface area (Å²) in [6, 6.07) is 11.8. The van der Waals surface area contributed by atoms with Crippen molar-refractivity contribution in [2.24, 2.45) is 0 Å². The van der Waals surface area contributed by atoms with E-state index >= 15 is 0 Å². The molecule has 2 aromatic carbocycles. The minimum atomic E-state index is 0.591. The molecule has 0 atom stereocenters.